The largest absolute Gasteiger partial charge is 0.326 e. The van der Waals surface area contributed by atoms with E-state index in [1.54, 1.807) is 32.6 Å². The van der Waals surface area contributed by atoms with Crippen LogP contribution < -0.4 is 16.0 Å². The molecule has 3 N–H and O–H groups in total. The highest BCUT2D eigenvalue weighted by Crippen LogP contribution is 2.65. The molecular weight excluding hydrogens is 911 g/mol. The standard InChI is InChI=1S/C22H24N4O.C15H21NO.C8H10.C5H10O.C5H8.C5H10.C4H8.C2H6/c1-5-21(24-4)18-8-12-20(13-9-18)26-22(27)25-19-10-6-17(7-11-19)16(2)14-15-23-3;1-12-6-9-14(10-7-12)16-15(17)11-8-13-4-2-3-5-13;1-7-3-5-8(2)6-4-7;1-3-4-5(2)6;1-2-5(1)3-4-5;1-2-4-5-3-1;1-4-2-3-4;1-2/h5-14H,3-4,15H2,1-2H3,(H2,25,26,27);6-7,9-10,13H,2-5,8,11H2,1H3,(H,16,17);3-6H,1-2H3;3-4H2,1-2H3;1-4H2;1-5H2;4H,2-3H2,1H3;1-2H3/b16-14+,21-5-;;;;;;;. The number of nitrogens with one attached hydrogen (secondary N) is 3. The van der Waals surface area contributed by atoms with Gasteiger partial charge in [0, 0.05) is 29.9 Å². The second-order valence-corrected chi connectivity index (χ2v) is 20.5. The lowest BCUT2D eigenvalue weighted by atomic mass is 10.0. The van der Waals surface area contributed by atoms with Gasteiger partial charge in [0.2, 0.25) is 5.91 Å². The summed E-state index contributed by atoms with van der Waals surface area (Å²) in [4.78, 5) is 41.7. The van der Waals surface area contributed by atoms with Crippen LogP contribution in [0.2, 0.25) is 0 Å². The molecule has 0 saturated heterocycles. The monoisotopic (exact) mass is 1010 g/mol. The first-order valence-corrected chi connectivity index (χ1v) is 28.1. The first-order chi connectivity index (χ1) is 35.7. The third-order valence-corrected chi connectivity index (χ3v) is 13.4. The zero-order chi connectivity index (χ0) is 54.6. The molecule has 3 amide bonds. The Morgan fingerprint density at radius 2 is 1.01 bits per heavy atom. The van der Waals surface area contributed by atoms with E-state index in [0.717, 1.165) is 70.3 Å². The number of amides is 3. The minimum Gasteiger partial charge on any atom is -0.326 e. The number of aliphatic imine (C=N–C) groups is 2. The van der Waals surface area contributed by atoms with Crippen molar-refractivity contribution in [3.8, 4) is 0 Å². The normalized spacial score (nSPS) is 15.3. The molecule has 5 aliphatic carbocycles. The lowest BCUT2D eigenvalue weighted by Gasteiger charge is -2.09. The van der Waals surface area contributed by atoms with Crippen molar-refractivity contribution in [2.75, 3.05) is 22.5 Å². The predicted molar refractivity (Wildman–Crippen MR) is 323 cm³/mol. The molecule has 0 bridgehead atoms. The summed E-state index contributed by atoms with van der Waals surface area (Å²) in [6.07, 6.45) is 29.4. The summed E-state index contributed by atoms with van der Waals surface area (Å²) in [5.74, 6) is 2.32. The number of hydrogen-bond acceptors (Lipinski definition) is 5. The second kappa shape index (κ2) is 37.8. The topological polar surface area (TPSA) is 112 Å². The molecule has 0 heterocycles. The minimum atomic E-state index is -0.299. The zero-order valence-electron chi connectivity index (χ0n) is 47.7. The van der Waals surface area contributed by atoms with E-state index in [1.807, 2.05) is 126 Å². The average Bonchev–Trinajstić information content (AvgIpc) is 4.37. The molecule has 5 saturated carbocycles. The van der Waals surface area contributed by atoms with Crippen molar-refractivity contribution in [2.24, 2.45) is 27.2 Å². The molecule has 0 unspecified atom stereocenters. The van der Waals surface area contributed by atoms with Gasteiger partial charge in [-0.2, -0.15) is 0 Å². The number of carbonyl (C=O) groups excluding carboxylic acids is 3. The number of benzene rings is 4. The van der Waals surface area contributed by atoms with E-state index in [0.29, 0.717) is 18.7 Å². The summed E-state index contributed by atoms with van der Waals surface area (Å²) in [7, 11) is 0. The first-order valence-electron chi connectivity index (χ1n) is 28.1. The minimum absolute atomic E-state index is 0.153. The van der Waals surface area contributed by atoms with Crippen LogP contribution in [0.4, 0.5) is 21.9 Å². The average molecular weight is 1010 g/mol. The van der Waals surface area contributed by atoms with Crippen molar-refractivity contribution in [1.29, 1.82) is 0 Å². The SMILES string of the molecule is C1CC12CC2.C1CCCC1.C=NC/C=C(\C)c1ccc(NC(=O)Nc2ccc(/C(=C/C)N=C)cc2)cc1.CC.CC1CC1.CCCC(C)=O.Cc1ccc(C)cc1.Cc1ccc(NC(=O)CCC2CCCC2)cc1. The van der Waals surface area contributed by atoms with Crippen molar-refractivity contribution in [3.63, 3.8) is 0 Å². The Bertz CT molecular complexity index is 2190. The lowest BCUT2D eigenvalue weighted by Crippen LogP contribution is -2.19. The highest BCUT2D eigenvalue weighted by atomic mass is 16.2. The Labute approximate surface area is 449 Å². The van der Waals surface area contributed by atoms with Gasteiger partial charge in [0.15, 0.2) is 0 Å². The van der Waals surface area contributed by atoms with Crippen molar-refractivity contribution < 1.29 is 14.4 Å². The lowest BCUT2D eigenvalue weighted by molar-refractivity contribution is -0.117. The van der Waals surface area contributed by atoms with Gasteiger partial charge in [0.05, 0.1) is 12.2 Å². The highest BCUT2D eigenvalue weighted by molar-refractivity contribution is 6.00. The number of carbonyl (C=O) groups is 3. The number of anilines is 3. The van der Waals surface area contributed by atoms with Crippen LogP contribution in [0.3, 0.4) is 0 Å². The Kier molecular flexibility index (Phi) is 32.8. The Morgan fingerprint density at radius 1 is 0.608 bits per heavy atom. The zero-order valence-corrected chi connectivity index (χ0v) is 47.7. The van der Waals surface area contributed by atoms with Gasteiger partial charge in [-0.05, 0) is 164 Å². The molecule has 9 rings (SSSR count). The molecule has 404 valence electrons. The fourth-order valence-electron chi connectivity index (χ4n) is 7.89. The van der Waals surface area contributed by atoms with Crippen molar-refractivity contribution >= 4 is 59.5 Å². The molecular formula is C66H97N5O3. The molecule has 5 aliphatic rings. The Hall–Kier alpha value is -5.89. The van der Waals surface area contributed by atoms with Gasteiger partial charge >= 0.3 is 6.03 Å². The summed E-state index contributed by atoms with van der Waals surface area (Å²) in [6.45, 7) is 27.7. The van der Waals surface area contributed by atoms with E-state index in [2.05, 4.69) is 84.4 Å². The number of allylic oxidation sites excluding steroid dienone is 2. The van der Waals surface area contributed by atoms with Gasteiger partial charge in [-0.3, -0.25) is 14.8 Å². The Morgan fingerprint density at radius 3 is 1.35 bits per heavy atom. The number of aryl methyl sites for hydroxylation is 3. The van der Waals surface area contributed by atoms with Crippen LogP contribution in [0.25, 0.3) is 11.3 Å². The van der Waals surface area contributed by atoms with E-state index in [-0.39, 0.29) is 17.7 Å². The third-order valence-electron chi connectivity index (χ3n) is 13.4. The smallest absolute Gasteiger partial charge is 0.323 e. The fourth-order valence-corrected chi connectivity index (χ4v) is 7.89. The van der Waals surface area contributed by atoms with Gasteiger partial charge < -0.3 is 20.7 Å². The summed E-state index contributed by atoms with van der Waals surface area (Å²) in [5, 5.41) is 8.59. The van der Waals surface area contributed by atoms with Crippen LogP contribution in [0.15, 0.2) is 119 Å². The number of hydrogen-bond donors (Lipinski definition) is 3. The summed E-state index contributed by atoms with van der Waals surface area (Å²) >= 11 is 0. The van der Waals surface area contributed by atoms with Gasteiger partial charge in [-0.15, -0.1) is 0 Å². The quantitative estimate of drug-likeness (QED) is 0.116. The van der Waals surface area contributed by atoms with Crippen LogP contribution in [-0.2, 0) is 9.59 Å². The molecule has 0 atom stereocenters. The third kappa shape index (κ3) is 31.0. The van der Waals surface area contributed by atoms with E-state index in [4.69, 9.17) is 0 Å². The van der Waals surface area contributed by atoms with Crippen molar-refractivity contribution in [2.45, 2.75) is 191 Å². The molecule has 74 heavy (non-hydrogen) atoms. The molecule has 8 nitrogen and oxygen atoms in total. The van der Waals surface area contributed by atoms with Gasteiger partial charge in [-0.25, -0.2) is 4.79 Å². The highest BCUT2D eigenvalue weighted by Gasteiger charge is 2.52. The summed E-state index contributed by atoms with van der Waals surface area (Å²) in [5.41, 5.74) is 11.2. The number of nitrogens with zero attached hydrogens (tertiary/aromatic N) is 2. The molecule has 0 radical (unpaired) electrons. The van der Waals surface area contributed by atoms with Gasteiger partial charge in [0.25, 0.3) is 0 Å². The van der Waals surface area contributed by atoms with E-state index < -0.39 is 0 Å². The number of rotatable bonds is 13. The number of Topliss-reactive ketones (excluding diaryl/α,β-unsaturated/α-hetero) is 1. The predicted octanol–water partition coefficient (Wildman–Crippen LogP) is 19.0. The Balaban J connectivity index is 0.000000334. The van der Waals surface area contributed by atoms with E-state index in [1.165, 1.54) is 87.3 Å². The van der Waals surface area contributed by atoms with Crippen molar-refractivity contribution in [3.05, 3.63) is 137 Å². The molecule has 5 fully saturated rings. The molecule has 8 heteroatoms. The van der Waals surface area contributed by atoms with Crippen LogP contribution in [0.5, 0.6) is 0 Å². The maximum atomic E-state index is 12.2. The summed E-state index contributed by atoms with van der Waals surface area (Å²) < 4.78 is 0. The van der Waals surface area contributed by atoms with E-state index >= 15 is 0 Å². The molecule has 0 aromatic heterocycles. The van der Waals surface area contributed by atoms with Crippen LogP contribution in [-0.4, -0.2) is 37.7 Å². The van der Waals surface area contributed by atoms with Crippen LogP contribution in [0.1, 0.15) is 198 Å². The maximum Gasteiger partial charge on any atom is 0.323 e. The van der Waals surface area contributed by atoms with Crippen molar-refractivity contribution in [1.82, 2.24) is 0 Å². The molecule has 4 aromatic carbocycles. The maximum absolute atomic E-state index is 12.2. The van der Waals surface area contributed by atoms with Crippen LogP contribution >= 0.6 is 0 Å². The molecule has 0 aliphatic heterocycles. The summed E-state index contributed by atoms with van der Waals surface area (Å²) in [6, 6.07) is 31.2. The van der Waals surface area contributed by atoms with Gasteiger partial charge in [0.1, 0.15) is 5.78 Å². The second-order valence-electron chi connectivity index (χ2n) is 20.5. The van der Waals surface area contributed by atoms with Crippen LogP contribution in [0, 0.1) is 38.0 Å². The number of ketones is 1. The first kappa shape index (κ1) is 64.2. The molecule has 1 spiro atoms. The molecule has 4 aromatic rings. The number of urea groups is 1. The van der Waals surface area contributed by atoms with Gasteiger partial charge in [-0.1, -0.05) is 188 Å². The van der Waals surface area contributed by atoms with E-state index in [9.17, 15) is 14.4 Å². The fraction of sp³-hybridized carbons (Fsp3) is 0.500.